The first-order valence-corrected chi connectivity index (χ1v) is 12.2. The zero-order valence-corrected chi connectivity index (χ0v) is 20.5. The van der Waals surface area contributed by atoms with Gasteiger partial charge in [0.25, 0.3) is 11.8 Å². The second-order valence-electron chi connectivity index (χ2n) is 9.14. The maximum atomic E-state index is 15.2. The van der Waals surface area contributed by atoms with Gasteiger partial charge in [0.2, 0.25) is 5.82 Å². The van der Waals surface area contributed by atoms with Gasteiger partial charge in [0.1, 0.15) is 30.5 Å². The molecule has 2 aliphatic rings. The maximum Gasteiger partial charge on any atom is 0.291 e. The first kappa shape index (κ1) is 23.6. The monoisotopic (exact) mass is 513 g/mol. The van der Waals surface area contributed by atoms with Gasteiger partial charge >= 0.3 is 0 Å². The molecule has 2 aromatic heterocycles. The first-order chi connectivity index (χ1) is 18.5. The smallest absolute Gasteiger partial charge is 0.291 e. The van der Waals surface area contributed by atoms with Gasteiger partial charge in [-0.05, 0) is 29.7 Å². The van der Waals surface area contributed by atoms with Crippen LogP contribution in [0.5, 0.6) is 5.75 Å². The number of benzene rings is 2. The molecule has 0 aliphatic carbocycles. The summed E-state index contributed by atoms with van der Waals surface area (Å²) in [7, 11) is 1.57. The van der Waals surface area contributed by atoms with E-state index in [1.54, 1.807) is 28.9 Å². The topological polar surface area (TPSA) is 105 Å². The number of pyridine rings is 1. The Labute approximate surface area is 217 Å². The van der Waals surface area contributed by atoms with Crippen LogP contribution in [-0.2, 0) is 17.8 Å². The summed E-state index contributed by atoms with van der Waals surface area (Å²) in [6, 6.07) is 15.3. The molecular weight excluding hydrogens is 489 g/mol. The summed E-state index contributed by atoms with van der Waals surface area (Å²) in [6.07, 6.45) is 3.88. The molecule has 38 heavy (non-hydrogen) atoms. The molecule has 0 bridgehead atoms. The highest BCUT2D eigenvalue weighted by Crippen LogP contribution is 2.41. The number of hydrogen-bond acceptors (Lipinski definition) is 7. The van der Waals surface area contributed by atoms with Crippen LogP contribution in [0, 0.1) is 5.82 Å². The Balaban J connectivity index is 1.19. The lowest BCUT2D eigenvalue weighted by Gasteiger charge is -2.23. The molecule has 10 nitrogen and oxygen atoms in total. The van der Waals surface area contributed by atoms with Crippen LogP contribution in [-0.4, -0.2) is 57.8 Å². The van der Waals surface area contributed by atoms with Crippen LogP contribution in [0.15, 0.2) is 67.1 Å². The van der Waals surface area contributed by atoms with Crippen LogP contribution in [0.25, 0.3) is 0 Å². The molecule has 2 amide bonds. The average Bonchev–Trinajstić information content (AvgIpc) is 3.56. The van der Waals surface area contributed by atoms with Gasteiger partial charge < -0.3 is 19.9 Å². The van der Waals surface area contributed by atoms with Crippen LogP contribution in [0.2, 0.25) is 0 Å². The molecule has 0 unspecified atom stereocenters. The predicted octanol–water partition coefficient (Wildman–Crippen LogP) is 2.71. The van der Waals surface area contributed by atoms with Gasteiger partial charge in [0, 0.05) is 25.9 Å². The van der Waals surface area contributed by atoms with Gasteiger partial charge in [0.15, 0.2) is 5.82 Å². The minimum absolute atomic E-state index is 0.0633. The van der Waals surface area contributed by atoms with E-state index in [0.717, 1.165) is 17.5 Å². The molecule has 0 saturated carbocycles. The SMILES string of the molecule is CN1C(=O)[C@@H](NC(=O)c2ncn(Cc3ccccc3)n2)COc2cc(F)c(N3CCc4cccnc43)cc21. The first-order valence-electron chi connectivity index (χ1n) is 12.2. The van der Waals surface area contributed by atoms with Gasteiger partial charge in [-0.2, -0.15) is 0 Å². The van der Waals surface area contributed by atoms with Gasteiger partial charge in [-0.1, -0.05) is 36.4 Å². The van der Waals surface area contributed by atoms with E-state index in [4.69, 9.17) is 4.74 Å². The minimum atomic E-state index is -1.01. The van der Waals surface area contributed by atoms with E-state index in [-0.39, 0.29) is 18.2 Å². The van der Waals surface area contributed by atoms with Crippen molar-refractivity contribution in [1.82, 2.24) is 25.1 Å². The van der Waals surface area contributed by atoms with E-state index >= 15 is 4.39 Å². The number of carbonyl (C=O) groups is 2. The molecular formula is C27H24FN7O3. The number of aromatic nitrogens is 4. The van der Waals surface area contributed by atoms with Gasteiger partial charge in [-0.15, -0.1) is 5.10 Å². The Kier molecular flexibility index (Phi) is 5.95. The van der Waals surface area contributed by atoms with Gasteiger partial charge in [-0.3, -0.25) is 9.59 Å². The number of nitrogens with one attached hydrogen (secondary N) is 1. The van der Waals surface area contributed by atoms with Crippen LogP contribution >= 0.6 is 0 Å². The third-order valence-corrected chi connectivity index (χ3v) is 6.67. The van der Waals surface area contributed by atoms with Crippen molar-refractivity contribution in [3.63, 3.8) is 0 Å². The molecule has 0 fully saturated rings. The summed E-state index contributed by atoms with van der Waals surface area (Å²) in [6.45, 7) is 0.859. The molecule has 192 valence electrons. The molecule has 0 saturated heterocycles. The fourth-order valence-electron chi connectivity index (χ4n) is 4.73. The lowest BCUT2D eigenvalue weighted by atomic mass is 10.2. The summed E-state index contributed by atoms with van der Waals surface area (Å²) in [5.74, 6) is -0.655. The number of anilines is 3. The molecule has 2 aromatic carbocycles. The lowest BCUT2D eigenvalue weighted by molar-refractivity contribution is -0.120. The van der Waals surface area contributed by atoms with E-state index in [2.05, 4.69) is 20.4 Å². The molecule has 11 heteroatoms. The normalized spacial score (nSPS) is 16.5. The Morgan fingerprint density at radius 2 is 1.97 bits per heavy atom. The molecule has 2 aliphatic heterocycles. The van der Waals surface area contributed by atoms with E-state index in [1.165, 1.54) is 17.3 Å². The number of likely N-dealkylation sites (N-methyl/N-ethyl adjacent to an activating group) is 1. The van der Waals surface area contributed by atoms with Crippen molar-refractivity contribution >= 4 is 29.0 Å². The van der Waals surface area contributed by atoms with Crippen LogP contribution in [0.1, 0.15) is 21.7 Å². The summed E-state index contributed by atoms with van der Waals surface area (Å²) in [4.78, 5) is 37.8. The number of hydrogen-bond donors (Lipinski definition) is 1. The van der Waals surface area contributed by atoms with Crippen molar-refractivity contribution in [2.24, 2.45) is 0 Å². The summed E-state index contributed by atoms with van der Waals surface area (Å²) in [5.41, 5.74) is 2.75. The standard InChI is InChI=1S/C27H24FN7O3/c1-33-22-13-21(35-11-9-18-8-5-10-29-25(18)35)19(28)12-23(22)38-15-20(27(33)37)31-26(36)24-30-16-34(32-24)14-17-6-3-2-4-7-17/h2-8,10,12-13,16,20H,9,11,14-15H2,1H3,(H,31,36)/t20-/m0/s1. The predicted molar refractivity (Wildman–Crippen MR) is 137 cm³/mol. The van der Waals surface area contributed by atoms with Gasteiger partial charge in [0.05, 0.1) is 17.9 Å². The number of halogens is 1. The maximum absolute atomic E-state index is 15.2. The zero-order chi connectivity index (χ0) is 26.2. The van der Waals surface area contributed by atoms with Gasteiger partial charge in [-0.25, -0.2) is 19.0 Å². The summed E-state index contributed by atoms with van der Waals surface area (Å²) >= 11 is 0. The quantitative estimate of drug-likeness (QED) is 0.438. The van der Waals surface area contributed by atoms with E-state index < -0.39 is 23.7 Å². The molecule has 0 spiro atoms. The molecule has 4 aromatic rings. The number of fused-ring (bicyclic) bond motifs is 2. The number of nitrogens with zero attached hydrogens (tertiary/aromatic N) is 6. The number of carbonyl (C=O) groups excluding carboxylic acids is 2. The van der Waals surface area contributed by atoms with Crippen molar-refractivity contribution in [3.05, 3.63) is 89.9 Å². The fraction of sp³-hybridized carbons (Fsp3) is 0.222. The highest BCUT2D eigenvalue weighted by atomic mass is 19.1. The highest BCUT2D eigenvalue weighted by molar-refractivity contribution is 6.02. The third-order valence-electron chi connectivity index (χ3n) is 6.67. The van der Waals surface area contributed by atoms with Crippen molar-refractivity contribution in [1.29, 1.82) is 0 Å². The fourth-order valence-corrected chi connectivity index (χ4v) is 4.73. The highest BCUT2D eigenvalue weighted by Gasteiger charge is 2.34. The van der Waals surface area contributed by atoms with E-state index in [1.807, 2.05) is 42.5 Å². The van der Waals surface area contributed by atoms with Crippen LogP contribution in [0.3, 0.4) is 0 Å². The van der Waals surface area contributed by atoms with E-state index in [0.29, 0.717) is 30.3 Å². The minimum Gasteiger partial charge on any atom is -0.489 e. The lowest BCUT2D eigenvalue weighted by Crippen LogP contribution is -2.49. The molecule has 0 radical (unpaired) electrons. The Bertz CT molecular complexity index is 1520. The van der Waals surface area contributed by atoms with Crippen molar-refractivity contribution in [3.8, 4) is 5.75 Å². The van der Waals surface area contributed by atoms with Crippen LogP contribution in [0.4, 0.5) is 21.6 Å². The third kappa shape index (κ3) is 4.32. The van der Waals surface area contributed by atoms with E-state index in [9.17, 15) is 9.59 Å². The number of amides is 2. The number of rotatable bonds is 5. The molecule has 1 atom stereocenters. The zero-order valence-electron chi connectivity index (χ0n) is 20.5. The molecule has 4 heterocycles. The summed E-state index contributed by atoms with van der Waals surface area (Å²) in [5, 5.41) is 6.89. The van der Waals surface area contributed by atoms with Crippen molar-refractivity contribution in [2.45, 2.75) is 19.0 Å². The van der Waals surface area contributed by atoms with Crippen LogP contribution < -0.4 is 19.9 Å². The Hall–Kier alpha value is -4.80. The largest absolute Gasteiger partial charge is 0.489 e. The molecule has 1 N–H and O–H groups in total. The average molecular weight is 514 g/mol. The Morgan fingerprint density at radius 1 is 1.13 bits per heavy atom. The second-order valence-corrected chi connectivity index (χ2v) is 9.14. The summed E-state index contributed by atoms with van der Waals surface area (Å²) < 4.78 is 22.6. The van der Waals surface area contributed by atoms with Crippen molar-refractivity contribution in [2.75, 3.05) is 30.0 Å². The number of ether oxygens (including phenoxy) is 1. The van der Waals surface area contributed by atoms with Crippen molar-refractivity contribution < 1.29 is 18.7 Å². The Morgan fingerprint density at radius 3 is 2.82 bits per heavy atom. The second kappa shape index (κ2) is 9.58. The molecule has 6 rings (SSSR count).